The third-order valence-corrected chi connectivity index (χ3v) is 6.45. The second kappa shape index (κ2) is 9.34. The highest BCUT2D eigenvalue weighted by atomic mass is 127. The van der Waals surface area contributed by atoms with Crippen LogP contribution in [-0.4, -0.2) is 22.9 Å². The van der Waals surface area contributed by atoms with Crippen LogP contribution in [-0.2, 0) is 16.1 Å². The van der Waals surface area contributed by atoms with Crippen LogP contribution in [0.2, 0.25) is 0 Å². The van der Waals surface area contributed by atoms with Crippen LogP contribution in [0.1, 0.15) is 42.6 Å². The summed E-state index contributed by atoms with van der Waals surface area (Å²) >= 11 is 5.97. The number of hydrogen-bond acceptors (Lipinski definition) is 3. The van der Waals surface area contributed by atoms with Crippen LogP contribution in [0.5, 0.6) is 0 Å². The average molecular weight is 656 g/mol. The second-order valence-electron chi connectivity index (χ2n) is 4.51. The molecule has 9 heteroatoms. The molecule has 126 valence electrons. The second-order valence-corrected chi connectivity index (χ2v) is 7.74. The molecule has 23 heavy (non-hydrogen) atoms. The lowest BCUT2D eigenvalue weighted by atomic mass is 10.1. The van der Waals surface area contributed by atoms with Gasteiger partial charge in [0, 0.05) is 32.1 Å². The fraction of sp³-hybridized carbons (Fsp3) is 0.357. The van der Waals surface area contributed by atoms with Crippen LogP contribution >= 0.6 is 67.8 Å². The lowest BCUT2D eigenvalue weighted by Crippen LogP contribution is -2.24. The Hall–Kier alpha value is -0.180. The summed E-state index contributed by atoms with van der Waals surface area (Å²) in [5.41, 5.74) is 1.31. The van der Waals surface area contributed by atoms with Crippen molar-refractivity contribution in [1.29, 1.82) is 0 Å². The molecule has 0 aliphatic carbocycles. The number of benzene rings is 1. The molecule has 0 bridgehead atoms. The van der Waals surface area contributed by atoms with E-state index in [1.54, 1.807) is 13.8 Å². The molecule has 1 rings (SSSR count). The first-order chi connectivity index (χ1) is 10.7. The zero-order chi connectivity index (χ0) is 17.7. The number of aromatic carboxylic acids is 1. The van der Waals surface area contributed by atoms with E-state index in [0.29, 0.717) is 31.2 Å². The summed E-state index contributed by atoms with van der Waals surface area (Å²) in [6.45, 7) is 3.69. The summed E-state index contributed by atoms with van der Waals surface area (Å²) in [6, 6.07) is 0. The van der Waals surface area contributed by atoms with E-state index in [9.17, 15) is 19.5 Å². The molecule has 0 aliphatic rings. The summed E-state index contributed by atoms with van der Waals surface area (Å²) < 4.78 is 1.78. The molecule has 6 nitrogen and oxygen atoms in total. The molecule has 1 aromatic rings. The number of carbonyl (C=O) groups is 3. The predicted molar refractivity (Wildman–Crippen MR) is 113 cm³/mol. The van der Waals surface area contributed by atoms with Crippen molar-refractivity contribution in [3.8, 4) is 0 Å². The first kappa shape index (κ1) is 20.9. The quantitative estimate of drug-likeness (QED) is 0.409. The van der Waals surface area contributed by atoms with Crippen molar-refractivity contribution in [2.75, 3.05) is 5.32 Å². The van der Waals surface area contributed by atoms with Gasteiger partial charge in [-0.1, -0.05) is 13.8 Å². The van der Waals surface area contributed by atoms with Crippen molar-refractivity contribution in [3.05, 3.63) is 21.8 Å². The van der Waals surface area contributed by atoms with Crippen molar-refractivity contribution < 1.29 is 19.5 Å². The van der Waals surface area contributed by atoms with Crippen molar-refractivity contribution in [1.82, 2.24) is 5.32 Å². The van der Waals surface area contributed by atoms with Crippen LogP contribution in [0.3, 0.4) is 0 Å². The van der Waals surface area contributed by atoms with Gasteiger partial charge in [0.2, 0.25) is 11.8 Å². The molecule has 0 saturated heterocycles. The molecule has 3 N–H and O–H groups in total. The monoisotopic (exact) mass is 656 g/mol. The maximum absolute atomic E-state index is 11.7. The van der Waals surface area contributed by atoms with Crippen LogP contribution < -0.4 is 10.6 Å². The molecule has 0 unspecified atom stereocenters. The Morgan fingerprint density at radius 3 is 2.00 bits per heavy atom. The van der Waals surface area contributed by atoms with Gasteiger partial charge in [-0.2, -0.15) is 0 Å². The van der Waals surface area contributed by atoms with E-state index in [1.165, 1.54) is 0 Å². The van der Waals surface area contributed by atoms with Gasteiger partial charge in [0.25, 0.3) is 0 Å². The maximum atomic E-state index is 11.7. The van der Waals surface area contributed by atoms with Gasteiger partial charge in [-0.15, -0.1) is 0 Å². The number of carbonyl (C=O) groups excluding carboxylic acids is 2. The normalized spacial score (nSPS) is 10.3. The predicted octanol–water partition coefficient (Wildman–Crippen LogP) is 3.57. The van der Waals surface area contributed by atoms with Crippen molar-refractivity contribution >= 4 is 91.2 Å². The van der Waals surface area contributed by atoms with E-state index in [0.717, 1.165) is 3.57 Å². The Balaban J connectivity index is 3.46. The van der Waals surface area contributed by atoms with Crippen molar-refractivity contribution in [3.63, 3.8) is 0 Å². The number of carboxylic acid groups (broad SMARTS) is 1. The molecule has 0 saturated carbocycles. The minimum atomic E-state index is -1.06. The zero-order valence-corrected chi connectivity index (χ0v) is 18.9. The zero-order valence-electron chi connectivity index (χ0n) is 12.4. The molecule has 2 amide bonds. The SMILES string of the molecule is CCC(=O)NCc1c(I)c(NC(=O)CC)c(I)c(C(=O)O)c1I. The lowest BCUT2D eigenvalue weighted by molar-refractivity contribution is -0.121. The Kier molecular flexibility index (Phi) is 8.47. The summed E-state index contributed by atoms with van der Waals surface area (Å²) in [5.74, 6) is -1.38. The molecule has 0 radical (unpaired) electrons. The molecule has 0 aliphatic heterocycles. The summed E-state index contributed by atoms with van der Waals surface area (Å²) in [5, 5.41) is 15.0. The Morgan fingerprint density at radius 1 is 0.957 bits per heavy atom. The topological polar surface area (TPSA) is 95.5 Å². The molecule has 1 aromatic carbocycles. The first-order valence-electron chi connectivity index (χ1n) is 6.73. The highest BCUT2D eigenvalue weighted by Gasteiger charge is 2.25. The number of carboxylic acids is 1. The fourth-order valence-corrected chi connectivity index (χ4v) is 5.99. The number of rotatable bonds is 6. The minimum Gasteiger partial charge on any atom is -0.478 e. The van der Waals surface area contributed by atoms with Crippen molar-refractivity contribution in [2.24, 2.45) is 0 Å². The van der Waals surface area contributed by atoms with Gasteiger partial charge in [0.1, 0.15) is 0 Å². The molecular weight excluding hydrogens is 641 g/mol. The van der Waals surface area contributed by atoms with E-state index in [1.807, 2.05) is 45.2 Å². The van der Waals surface area contributed by atoms with E-state index in [4.69, 9.17) is 0 Å². The van der Waals surface area contributed by atoms with Crippen LogP contribution in [0.4, 0.5) is 5.69 Å². The van der Waals surface area contributed by atoms with E-state index < -0.39 is 5.97 Å². The van der Waals surface area contributed by atoms with E-state index >= 15 is 0 Å². The standard InChI is InChI=1S/C14H15I3N2O4/c1-3-7(20)18-5-6-10(15)9(14(22)23)12(17)13(11(6)16)19-8(21)4-2/h3-5H2,1-2H3,(H,18,20)(H,19,21)(H,22,23). The largest absolute Gasteiger partial charge is 0.478 e. The van der Waals surface area contributed by atoms with Gasteiger partial charge < -0.3 is 15.7 Å². The van der Waals surface area contributed by atoms with Crippen LogP contribution in [0.15, 0.2) is 0 Å². The first-order valence-corrected chi connectivity index (χ1v) is 9.97. The van der Waals surface area contributed by atoms with Gasteiger partial charge in [-0.25, -0.2) is 4.79 Å². The van der Waals surface area contributed by atoms with Gasteiger partial charge in [0.15, 0.2) is 0 Å². The van der Waals surface area contributed by atoms with E-state index in [2.05, 4.69) is 33.2 Å². The average Bonchev–Trinajstić information content (AvgIpc) is 2.50. The third-order valence-electron chi connectivity index (χ3n) is 2.99. The molecule has 0 aromatic heterocycles. The van der Waals surface area contributed by atoms with Crippen molar-refractivity contribution in [2.45, 2.75) is 33.2 Å². The number of hydrogen-bond donors (Lipinski definition) is 3. The van der Waals surface area contributed by atoms with Gasteiger partial charge in [-0.3, -0.25) is 9.59 Å². The summed E-state index contributed by atoms with van der Waals surface area (Å²) in [4.78, 5) is 34.8. The highest BCUT2D eigenvalue weighted by Crippen LogP contribution is 2.35. The van der Waals surface area contributed by atoms with Crippen LogP contribution in [0, 0.1) is 10.7 Å². The van der Waals surface area contributed by atoms with Gasteiger partial charge >= 0.3 is 5.97 Å². The van der Waals surface area contributed by atoms with Gasteiger partial charge in [0.05, 0.1) is 14.8 Å². The molecule has 0 atom stereocenters. The Labute approximate surface area is 175 Å². The maximum Gasteiger partial charge on any atom is 0.337 e. The molecule has 0 fully saturated rings. The molecule has 0 spiro atoms. The summed E-state index contributed by atoms with van der Waals surface area (Å²) in [7, 11) is 0. The number of amides is 2. The number of anilines is 1. The lowest BCUT2D eigenvalue weighted by Gasteiger charge is -2.18. The number of halogens is 3. The van der Waals surface area contributed by atoms with Crippen LogP contribution in [0.25, 0.3) is 0 Å². The Morgan fingerprint density at radius 2 is 1.52 bits per heavy atom. The fourth-order valence-electron chi connectivity index (χ4n) is 1.71. The number of nitrogens with one attached hydrogen (secondary N) is 2. The smallest absolute Gasteiger partial charge is 0.337 e. The highest BCUT2D eigenvalue weighted by molar-refractivity contribution is 14.1. The third kappa shape index (κ3) is 5.14. The Bertz CT molecular complexity index is 662. The molecule has 0 heterocycles. The minimum absolute atomic E-state index is 0.119. The van der Waals surface area contributed by atoms with E-state index in [-0.39, 0.29) is 23.9 Å². The molecular formula is C14H15I3N2O4. The summed E-state index contributed by atoms with van der Waals surface area (Å²) in [6.07, 6.45) is 0.644. The van der Waals surface area contributed by atoms with Gasteiger partial charge in [-0.05, 0) is 67.8 Å².